The third kappa shape index (κ3) is 4.96. The molecule has 0 atom stereocenters. The normalized spacial score (nSPS) is 11.1. The zero-order valence-corrected chi connectivity index (χ0v) is 12.1. The van der Waals surface area contributed by atoms with Crippen LogP contribution in [0.15, 0.2) is 18.2 Å². The predicted octanol–water partition coefficient (Wildman–Crippen LogP) is 3.23. The van der Waals surface area contributed by atoms with Gasteiger partial charge in [0.15, 0.2) is 11.5 Å². The third-order valence-corrected chi connectivity index (χ3v) is 2.47. The Kier molecular flexibility index (Phi) is 5.99. The van der Waals surface area contributed by atoms with Crippen molar-refractivity contribution in [3.8, 4) is 11.5 Å². The fraction of sp³-hybridized carbons (Fsp3) is 0.600. The van der Waals surface area contributed by atoms with Gasteiger partial charge in [0, 0.05) is 6.54 Å². The molecule has 3 nitrogen and oxygen atoms in total. The Labute approximate surface area is 110 Å². The average molecular weight is 251 g/mol. The van der Waals surface area contributed by atoms with Crippen LogP contribution in [0.5, 0.6) is 11.5 Å². The van der Waals surface area contributed by atoms with Crippen molar-refractivity contribution in [1.29, 1.82) is 0 Å². The number of nitrogens with one attached hydrogen (secondary N) is 1. The quantitative estimate of drug-likeness (QED) is 0.807. The SMILES string of the molecule is COc1cc(CNCC(C)C)ccc1OC(C)C. The van der Waals surface area contributed by atoms with Crippen molar-refractivity contribution in [3.63, 3.8) is 0 Å². The second kappa shape index (κ2) is 7.27. The minimum Gasteiger partial charge on any atom is -0.493 e. The molecule has 0 radical (unpaired) electrons. The fourth-order valence-electron chi connectivity index (χ4n) is 1.68. The van der Waals surface area contributed by atoms with E-state index in [0.29, 0.717) is 5.92 Å². The molecule has 0 saturated heterocycles. The summed E-state index contributed by atoms with van der Waals surface area (Å²) in [5.74, 6) is 2.27. The molecule has 0 bridgehead atoms. The fourth-order valence-corrected chi connectivity index (χ4v) is 1.68. The first-order valence-electron chi connectivity index (χ1n) is 6.57. The van der Waals surface area contributed by atoms with Crippen LogP contribution in [-0.2, 0) is 6.54 Å². The lowest BCUT2D eigenvalue weighted by molar-refractivity contribution is 0.230. The van der Waals surface area contributed by atoms with Crippen LogP contribution >= 0.6 is 0 Å². The van der Waals surface area contributed by atoms with Crippen molar-refractivity contribution in [3.05, 3.63) is 23.8 Å². The van der Waals surface area contributed by atoms with Gasteiger partial charge in [0.2, 0.25) is 0 Å². The summed E-state index contributed by atoms with van der Waals surface area (Å²) in [6.07, 6.45) is 0.156. The van der Waals surface area contributed by atoms with Gasteiger partial charge in [0.05, 0.1) is 13.2 Å². The van der Waals surface area contributed by atoms with E-state index >= 15 is 0 Å². The van der Waals surface area contributed by atoms with Gasteiger partial charge < -0.3 is 14.8 Å². The first-order valence-corrected chi connectivity index (χ1v) is 6.57. The molecule has 3 heteroatoms. The summed E-state index contributed by atoms with van der Waals surface area (Å²) in [5.41, 5.74) is 1.21. The van der Waals surface area contributed by atoms with Crippen LogP contribution in [0, 0.1) is 5.92 Å². The van der Waals surface area contributed by atoms with Crippen LogP contribution < -0.4 is 14.8 Å². The Morgan fingerprint density at radius 3 is 2.39 bits per heavy atom. The van der Waals surface area contributed by atoms with Gasteiger partial charge in [-0.2, -0.15) is 0 Å². The van der Waals surface area contributed by atoms with Crippen LogP contribution in [0.25, 0.3) is 0 Å². The molecular weight excluding hydrogens is 226 g/mol. The molecule has 0 heterocycles. The van der Waals surface area contributed by atoms with Crippen LogP contribution in [-0.4, -0.2) is 19.8 Å². The maximum Gasteiger partial charge on any atom is 0.161 e. The molecule has 1 aromatic carbocycles. The number of hydrogen-bond acceptors (Lipinski definition) is 3. The van der Waals surface area contributed by atoms with E-state index in [2.05, 4.69) is 25.2 Å². The van der Waals surface area contributed by atoms with Crippen molar-refractivity contribution < 1.29 is 9.47 Å². The van der Waals surface area contributed by atoms with Gasteiger partial charge in [-0.05, 0) is 44.0 Å². The van der Waals surface area contributed by atoms with Gasteiger partial charge >= 0.3 is 0 Å². The van der Waals surface area contributed by atoms with Crippen LogP contribution in [0.3, 0.4) is 0 Å². The molecule has 0 unspecified atom stereocenters. The smallest absolute Gasteiger partial charge is 0.161 e. The molecule has 0 saturated carbocycles. The van der Waals surface area contributed by atoms with Crippen molar-refractivity contribution in [2.24, 2.45) is 5.92 Å². The number of rotatable bonds is 7. The van der Waals surface area contributed by atoms with Crippen LogP contribution in [0.2, 0.25) is 0 Å². The monoisotopic (exact) mass is 251 g/mol. The lowest BCUT2D eigenvalue weighted by Crippen LogP contribution is -2.19. The number of hydrogen-bond donors (Lipinski definition) is 1. The summed E-state index contributed by atoms with van der Waals surface area (Å²) in [6, 6.07) is 6.09. The lowest BCUT2D eigenvalue weighted by atomic mass is 10.2. The minimum absolute atomic E-state index is 0.156. The summed E-state index contributed by atoms with van der Waals surface area (Å²) in [7, 11) is 1.67. The molecular formula is C15H25NO2. The largest absolute Gasteiger partial charge is 0.493 e. The molecule has 1 N–H and O–H groups in total. The van der Waals surface area contributed by atoms with E-state index in [9.17, 15) is 0 Å². The number of ether oxygens (including phenoxy) is 2. The highest BCUT2D eigenvalue weighted by Crippen LogP contribution is 2.28. The Bertz CT molecular complexity index is 362. The average Bonchev–Trinajstić information content (AvgIpc) is 2.29. The molecule has 0 aromatic heterocycles. The Morgan fingerprint density at radius 2 is 1.83 bits per heavy atom. The molecule has 0 spiro atoms. The highest BCUT2D eigenvalue weighted by Gasteiger charge is 2.07. The summed E-state index contributed by atoms with van der Waals surface area (Å²) in [6.45, 7) is 10.3. The molecule has 102 valence electrons. The minimum atomic E-state index is 0.156. The van der Waals surface area contributed by atoms with Gasteiger partial charge in [-0.25, -0.2) is 0 Å². The van der Waals surface area contributed by atoms with Crippen LogP contribution in [0.1, 0.15) is 33.3 Å². The van der Waals surface area contributed by atoms with E-state index in [4.69, 9.17) is 9.47 Å². The first-order chi connectivity index (χ1) is 8.52. The number of methoxy groups -OCH3 is 1. The molecule has 0 fully saturated rings. The van der Waals surface area contributed by atoms with E-state index in [1.54, 1.807) is 7.11 Å². The molecule has 0 aliphatic rings. The van der Waals surface area contributed by atoms with Crippen molar-refractivity contribution in [2.45, 2.75) is 40.3 Å². The van der Waals surface area contributed by atoms with E-state index in [1.807, 2.05) is 26.0 Å². The Balaban J connectivity index is 2.66. The summed E-state index contributed by atoms with van der Waals surface area (Å²) >= 11 is 0. The molecule has 0 aliphatic carbocycles. The second-order valence-electron chi connectivity index (χ2n) is 5.18. The zero-order chi connectivity index (χ0) is 13.5. The van der Waals surface area contributed by atoms with Gasteiger partial charge in [0.25, 0.3) is 0 Å². The van der Waals surface area contributed by atoms with Gasteiger partial charge in [-0.15, -0.1) is 0 Å². The number of benzene rings is 1. The molecule has 1 aromatic rings. The van der Waals surface area contributed by atoms with E-state index in [0.717, 1.165) is 24.6 Å². The highest BCUT2D eigenvalue weighted by atomic mass is 16.5. The maximum atomic E-state index is 5.69. The highest BCUT2D eigenvalue weighted by molar-refractivity contribution is 5.43. The maximum absolute atomic E-state index is 5.69. The van der Waals surface area contributed by atoms with Gasteiger partial charge in [0.1, 0.15) is 0 Å². The third-order valence-electron chi connectivity index (χ3n) is 2.47. The van der Waals surface area contributed by atoms with E-state index < -0.39 is 0 Å². The molecule has 0 amide bonds. The summed E-state index contributed by atoms with van der Waals surface area (Å²) < 4.78 is 11.1. The van der Waals surface area contributed by atoms with Crippen molar-refractivity contribution in [1.82, 2.24) is 5.32 Å². The van der Waals surface area contributed by atoms with Crippen molar-refractivity contribution in [2.75, 3.05) is 13.7 Å². The Morgan fingerprint density at radius 1 is 1.11 bits per heavy atom. The first kappa shape index (κ1) is 14.8. The predicted molar refractivity (Wildman–Crippen MR) is 75.3 cm³/mol. The summed E-state index contributed by atoms with van der Waals surface area (Å²) in [4.78, 5) is 0. The topological polar surface area (TPSA) is 30.5 Å². The van der Waals surface area contributed by atoms with Gasteiger partial charge in [-0.1, -0.05) is 19.9 Å². The van der Waals surface area contributed by atoms with E-state index in [-0.39, 0.29) is 6.10 Å². The molecule has 1 rings (SSSR count). The Hall–Kier alpha value is -1.22. The standard InChI is InChI=1S/C15H25NO2/c1-11(2)9-16-10-13-6-7-14(18-12(3)4)15(8-13)17-5/h6-8,11-12,16H,9-10H2,1-5H3. The lowest BCUT2D eigenvalue weighted by Gasteiger charge is -2.15. The second-order valence-corrected chi connectivity index (χ2v) is 5.18. The summed E-state index contributed by atoms with van der Waals surface area (Å²) in [5, 5.41) is 3.42. The van der Waals surface area contributed by atoms with Gasteiger partial charge in [-0.3, -0.25) is 0 Å². The van der Waals surface area contributed by atoms with Crippen molar-refractivity contribution >= 4 is 0 Å². The molecule has 18 heavy (non-hydrogen) atoms. The van der Waals surface area contributed by atoms with Crippen LogP contribution in [0.4, 0.5) is 0 Å². The molecule has 0 aliphatic heterocycles. The van der Waals surface area contributed by atoms with E-state index in [1.165, 1.54) is 5.56 Å². The zero-order valence-electron chi connectivity index (χ0n) is 12.1.